The zero-order valence-electron chi connectivity index (χ0n) is 7.78. The summed E-state index contributed by atoms with van der Waals surface area (Å²) in [5.74, 6) is 0. The first-order chi connectivity index (χ1) is 5.93. The van der Waals surface area contributed by atoms with Crippen molar-refractivity contribution in [3.8, 4) is 0 Å². The van der Waals surface area contributed by atoms with Crippen molar-refractivity contribution in [3.63, 3.8) is 0 Å². The third-order valence-corrected chi connectivity index (χ3v) is 1.69. The topological polar surface area (TPSA) is 0 Å². The summed E-state index contributed by atoms with van der Waals surface area (Å²) in [4.78, 5) is 0. The van der Waals surface area contributed by atoms with Gasteiger partial charge in [0.05, 0.1) is 5.57 Å². The van der Waals surface area contributed by atoms with Gasteiger partial charge in [-0.3, -0.25) is 0 Å². The molecule has 0 aliphatic rings. The first kappa shape index (κ1) is 12.0. The van der Waals surface area contributed by atoms with Crippen LogP contribution in [0.5, 0.6) is 0 Å². The zero-order valence-corrected chi connectivity index (χ0v) is 7.78. The van der Waals surface area contributed by atoms with Crippen molar-refractivity contribution in [1.29, 1.82) is 0 Å². The minimum absolute atomic E-state index is 0.339. The predicted molar refractivity (Wildman–Crippen MR) is 48.4 cm³/mol. The van der Waals surface area contributed by atoms with Crippen LogP contribution in [0.3, 0.4) is 0 Å². The molecule has 0 amide bonds. The van der Waals surface area contributed by atoms with E-state index in [2.05, 4.69) is 6.58 Å². The molecule has 0 aliphatic carbocycles. The van der Waals surface area contributed by atoms with Gasteiger partial charge in [-0.05, 0) is 13.3 Å². The molecule has 0 spiro atoms. The van der Waals surface area contributed by atoms with Crippen LogP contribution in [-0.2, 0) is 0 Å². The van der Waals surface area contributed by atoms with Gasteiger partial charge < -0.3 is 0 Å². The Morgan fingerprint density at radius 1 is 1.38 bits per heavy atom. The number of halogens is 3. The molecule has 0 aromatic rings. The van der Waals surface area contributed by atoms with Crippen LogP contribution in [0.25, 0.3) is 0 Å². The number of allylic oxidation sites excluding steroid dienone is 5. The molecule has 0 unspecified atom stereocenters. The van der Waals surface area contributed by atoms with E-state index in [-0.39, 0.29) is 0 Å². The van der Waals surface area contributed by atoms with Gasteiger partial charge in [0.2, 0.25) is 0 Å². The predicted octanol–water partition coefficient (Wildman–Crippen LogP) is 4.02. The minimum atomic E-state index is -4.26. The molecule has 0 aromatic carbocycles. The van der Waals surface area contributed by atoms with E-state index in [0.717, 1.165) is 6.08 Å². The monoisotopic (exact) mass is 190 g/mol. The van der Waals surface area contributed by atoms with Gasteiger partial charge >= 0.3 is 6.18 Å². The number of hydrogen-bond donors (Lipinski definition) is 0. The fourth-order valence-electron chi connectivity index (χ4n) is 0.833. The SMILES string of the molecule is C=C/C=C\C(=C(/C)CC)C(F)(F)F. The number of rotatable bonds is 3. The number of hydrogen-bond acceptors (Lipinski definition) is 0. The van der Waals surface area contributed by atoms with E-state index < -0.39 is 11.7 Å². The molecule has 0 aromatic heterocycles. The zero-order chi connectivity index (χ0) is 10.5. The Bertz CT molecular complexity index is 231. The highest BCUT2D eigenvalue weighted by Crippen LogP contribution is 2.30. The summed E-state index contributed by atoms with van der Waals surface area (Å²) in [7, 11) is 0. The normalized spacial score (nSPS) is 14.5. The fourth-order valence-corrected chi connectivity index (χ4v) is 0.833. The van der Waals surface area contributed by atoms with Gasteiger partial charge in [0, 0.05) is 0 Å². The van der Waals surface area contributed by atoms with Crippen molar-refractivity contribution in [1.82, 2.24) is 0 Å². The Morgan fingerprint density at radius 2 is 1.92 bits per heavy atom. The minimum Gasteiger partial charge on any atom is -0.166 e. The van der Waals surface area contributed by atoms with E-state index in [1.54, 1.807) is 6.92 Å². The lowest BCUT2D eigenvalue weighted by Crippen LogP contribution is -2.11. The molecule has 0 heterocycles. The van der Waals surface area contributed by atoms with Crippen LogP contribution in [0.4, 0.5) is 13.2 Å². The van der Waals surface area contributed by atoms with Gasteiger partial charge in [-0.15, -0.1) is 0 Å². The maximum atomic E-state index is 12.3. The molecule has 0 atom stereocenters. The van der Waals surface area contributed by atoms with Crippen molar-refractivity contribution in [2.45, 2.75) is 26.4 Å². The smallest absolute Gasteiger partial charge is 0.166 e. The molecular weight excluding hydrogens is 177 g/mol. The van der Waals surface area contributed by atoms with Crippen LogP contribution in [0.15, 0.2) is 36.0 Å². The van der Waals surface area contributed by atoms with Crippen LogP contribution >= 0.6 is 0 Å². The highest BCUT2D eigenvalue weighted by atomic mass is 19.4. The van der Waals surface area contributed by atoms with E-state index in [9.17, 15) is 13.2 Å². The maximum Gasteiger partial charge on any atom is 0.416 e. The Hall–Kier alpha value is -0.990. The highest BCUT2D eigenvalue weighted by Gasteiger charge is 2.32. The van der Waals surface area contributed by atoms with E-state index >= 15 is 0 Å². The summed E-state index contributed by atoms with van der Waals surface area (Å²) in [5.41, 5.74) is -0.236. The lowest BCUT2D eigenvalue weighted by molar-refractivity contribution is -0.0890. The second-order valence-electron chi connectivity index (χ2n) is 2.64. The lowest BCUT2D eigenvalue weighted by atomic mass is 10.1. The van der Waals surface area contributed by atoms with Crippen LogP contribution in [-0.4, -0.2) is 6.18 Å². The molecule has 0 saturated heterocycles. The first-order valence-corrected chi connectivity index (χ1v) is 3.99. The van der Waals surface area contributed by atoms with Crippen molar-refractivity contribution < 1.29 is 13.2 Å². The average molecular weight is 190 g/mol. The lowest BCUT2D eigenvalue weighted by Gasteiger charge is -2.10. The van der Waals surface area contributed by atoms with E-state index in [1.807, 2.05) is 0 Å². The third kappa shape index (κ3) is 3.97. The molecule has 13 heavy (non-hydrogen) atoms. The molecule has 0 rings (SSSR count). The van der Waals surface area contributed by atoms with Crippen LogP contribution in [0.2, 0.25) is 0 Å². The largest absolute Gasteiger partial charge is 0.416 e. The van der Waals surface area contributed by atoms with Gasteiger partial charge in [0.1, 0.15) is 0 Å². The maximum absolute atomic E-state index is 12.3. The molecule has 0 radical (unpaired) electrons. The van der Waals surface area contributed by atoms with Crippen LogP contribution < -0.4 is 0 Å². The van der Waals surface area contributed by atoms with Gasteiger partial charge in [-0.25, -0.2) is 0 Å². The second kappa shape index (κ2) is 4.90. The standard InChI is InChI=1S/C10H13F3/c1-4-6-7-9(8(3)5-2)10(11,12)13/h4,6-7H,1,5H2,2-3H3/b7-6-,9-8-. The van der Waals surface area contributed by atoms with E-state index in [1.165, 1.54) is 19.1 Å². The fraction of sp³-hybridized carbons (Fsp3) is 0.400. The Balaban J connectivity index is 4.98. The summed E-state index contributed by atoms with van der Waals surface area (Å²) in [5, 5.41) is 0. The molecule has 0 N–H and O–H groups in total. The summed E-state index contributed by atoms with van der Waals surface area (Å²) >= 11 is 0. The highest BCUT2D eigenvalue weighted by molar-refractivity contribution is 5.30. The van der Waals surface area contributed by atoms with E-state index in [0.29, 0.717) is 12.0 Å². The molecule has 0 aliphatic heterocycles. The van der Waals surface area contributed by atoms with Crippen molar-refractivity contribution in [2.75, 3.05) is 0 Å². The quantitative estimate of drug-likeness (QED) is 0.589. The third-order valence-electron chi connectivity index (χ3n) is 1.69. The number of alkyl halides is 3. The molecule has 0 fully saturated rings. The van der Waals surface area contributed by atoms with Crippen LogP contribution in [0, 0.1) is 0 Å². The molecule has 0 bridgehead atoms. The first-order valence-electron chi connectivity index (χ1n) is 3.99. The molecule has 74 valence electrons. The van der Waals surface area contributed by atoms with Crippen molar-refractivity contribution >= 4 is 0 Å². The van der Waals surface area contributed by atoms with E-state index in [4.69, 9.17) is 0 Å². The van der Waals surface area contributed by atoms with Gasteiger partial charge in [0.25, 0.3) is 0 Å². The Labute approximate surface area is 76.5 Å². The van der Waals surface area contributed by atoms with Crippen molar-refractivity contribution in [3.05, 3.63) is 36.0 Å². The van der Waals surface area contributed by atoms with Crippen LogP contribution in [0.1, 0.15) is 20.3 Å². The molecular formula is C10H13F3. The molecule has 3 heteroatoms. The Morgan fingerprint density at radius 3 is 2.23 bits per heavy atom. The van der Waals surface area contributed by atoms with Gasteiger partial charge in [-0.2, -0.15) is 13.2 Å². The van der Waals surface area contributed by atoms with Gasteiger partial charge in [0.15, 0.2) is 0 Å². The Kier molecular flexibility index (Phi) is 4.52. The summed E-state index contributed by atoms with van der Waals surface area (Å²) in [6.07, 6.45) is -0.196. The molecule has 0 nitrogen and oxygen atoms in total. The second-order valence-corrected chi connectivity index (χ2v) is 2.64. The summed E-state index contributed by atoms with van der Waals surface area (Å²) in [6.45, 7) is 6.50. The van der Waals surface area contributed by atoms with Crippen molar-refractivity contribution in [2.24, 2.45) is 0 Å². The summed E-state index contributed by atoms with van der Waals surface area (Å²) in [6, 6.07) is 0. The summed E-state index contributed by atoms with van der Waals surface area (Å²) < 4.78 is 37.0. The average Bonchev–Trinajstić information content (AvgIpc) is 2.02. The van der Waals surface area contributed by atoms with Gasteiger partial charge in [-0.1, -0.05) is 37.3 Å². The molecule has 0 saturated carbocycles.